The summed E-state index contributed by atoms with van der Waals surface area (Å²) in [5.74, 6) is 1.35. The molecule has 82 heavy (non-hydrogen) atoms. The first-order valence-electron chi connectivity index (χ1n) is 27.7. The van der Waals surface area contributed by atoms with E-state index in [9.17, 15) is 0 Å². The van der Waals surface area contributed by atoms with Gasteiger partial charge in [-0.25, -0.2) is 4.98 Å². The van der Waals surface area contributed by atoms with Crippen LogP contribution in [-0.2, 0) is 0 Å². The second-order valence-corrected chi connectivity index (χ2v) is 21.7. The van der Waals surface area contributed by atoms with Crippen LogP contribution in [0, 0.1) is 0 Å². The summed E-state index contributed by atoms with van der Waals surface area (Å²) in [6.45, 7) is 0. The maximum Gasteiger partial charge on any atom is 0.237 e. The quantitative estimate of drug-likeness (QED) is 0.172. The molecule has 0 aliphatic heterocycles. The van der Waals surface area contributed by atoms with E-state index in [1.54, 1.807) is 0 Å². The van der Waals surface area contributed by atoms with Gasteiger partial charge in [0.1, 0.15) is 33.5 Å². The Hall–Kier alpha value is -11.2. The number of fused-ring (bicyclic) bond motifs is 19. The minimum Gasteiger partial charge on any atom is -0.456 e. The molecule has 0 aliphatic carbocycles. The van der Waals surface area contributed by atoms with Gasteiger partial charge >= 0.3 is 0 Å². The SMILES string of the molecule is c1ccc2c(c1)oc1ccc(-c3ccc4c(c3)c3ccccc3n4-c3nc(-n4c5ccccc5c5cc(-c6ccc7oc8ccccc8c7c6)ccc54)c4cc(-n5c6ccccc6c6cc7c(cc65)oc5ccccc57)ccc4n3)cc12. The van der Waals surface area contributed by atoms with Crippen molar-refractivity contribution in [3.05, 3.63) is 249 Å². The summed E-state index contributed by atoms with van der Waals surface area (Å²) in [7, 11) is 0. The standard InChI is InChI=1S/C74H41N5O3/c1-7-19-61-49(15-1)55-40-58-52-18-6-12-24-69(52)82-72(58)41-66(55)77(61)46-29-30-60-59(39-46)73(78-62-20-8-2-13-47(62)53-35-42(25-31-64(53)78)44-27-33-70-56(37-44)50-16-4-10-22-67(50)80-70)76-74(75-60)79-63-21-9-3-14-48(63)54-36-43(26-32-65(54)79)45-28-34-71-57(38-45)51-17-5-11-23-68(51)81-71/h1-41H. The van der Waals surface area contributed by atoms with Gasteiger partial charge < -0.3 is 17.8 Å². The molecule has 0 saturated heterocycles. The lowest BCUT2D eigenvalue weighted by Crippen LogP contribution is -2.08. The Bertz CT molecular complexity index is 5980. The Balaban J connectivity index is 0.860. The maximum absolute atomic E-state index is 6.55. The molecule has 8 nitrogen and oxygen atoms in total. The van der Waals surface area contributed by atoms with Crippen molar-refractivity contribution in [2.75, 3.05) is 0 Å². The van der Waals surface area contributed by atoms with Crippen LogP contribution in [0.15, 0.2) is 262 Å². The molecule has 380 valence electrons. The lowest BCUT2D eigenvalue weighted by atomic mass is 10.0. The van der Waals surface area contributed by atoms with E-state index in [2.05, 4.69) is 226 Å². The fourth-order valence-corrected chi connectivity index (χ4v) is 13.5. The molecule has 0 radical (unpaired) electrons. The Morgan fingerprint density at radius 2 is 0.634 bits per heavy atom. The largest absolute Gasteiger partial charge is 0.456 e. The highest BCUT2D eigenvalue weighted by atomic mass is 16.3. The van der Waals surface area contributed by atoms with Gasteiger partial charge in [0.25, 0.3) is 0 Å². The fraction of sp³-hybridized carbons (Fsp3) is 0. The van der Waals surface area contributed by atoms with E-state index in [1.165, 1.54) is 5.39 Å². The van der Waals surface area contributed by atoms with Gasteiger partial charge in [0.15, 0.2) is 5.82 Å². The molecule has 0 N–H and O–H groups in total. The van der Waals surface area contributed by atoms with Gasteiger partial charge in [0.05, 0.1) is 38.6 Å². The summed E-state index contributed by atoms with van der Waals surface area (Å²) < 4.78 is 26.0. The van der Waals surface area contributed by atoms with Crippen LogP contribution in [0.5, 0.6) is 0 Å². The minimum atomic E-state index is 0.577. The minimum absolute atomic E-state index is 0.577. The normalized spacial score (nSPS) is 12.4. The van der Waals surface area contributed by atoms with Crippen LogP contribution >= 0.6 is 0 Å². The van der Waals surface area contributed by atoms with Crippen LogP contribution in [0.2, 0.25) is 0 Å². The molecule has 19 rings (SSSR count). The van der Waals surface area contributed by atoms with Crippen molar-refractivity contribution in [3.8, 4) is 39.7 Å². The second kappa shape index (κ2) is 16.2. The number of hydrogen-bond acceptors (Lipinski definition) is 5. The van der Waals surface area contributed by atoms with Crippen molar-refractivity contribution >= 4 is 142 Å². The van der Waals surface area contributed by atoms with Crippen LogP contribution in [0.4, 0.5) is 0 Å². The van der Waals surface area contributed by atoms with Crippen LogP contribution < -0.4 is 0 Å². The van der Waals surface area contributed by atoms with Gasteiger partial charge in [0.2, 0.25) is 5.95 Å². The number of furan rings is 3. The van der Waals surface area contributed by atoms with E-state index < -0.39 is 0 Å². The zero-order chi connectivity index (χ0) is 53.3. The van der Waals surface area contributed by atoms with Gasteiger partial charge in [-0.2, -0.15) is 4.98 Å². The Morgan fingerprint density at radius 3 is 1.20 bits per heavy atom. The molecule has 0 amide bonds. The number of para-hydroxylation sites is 6. The smallest absolute Gasteiger partial charge is 0.237 e. The molecule has 12 aromatic carbocycles. The zero-order valence-corrected chi connectivity index (χ0v) is 43.6. The number of hydrogen-bond donors (Lipinski definition) is 0. The fourth-order valence-electron chi connectivity index (χ4n) is 13.5. The van der Waals surface area contributed by atoms with Crippen molar-refractivity contribution in [1.82, 2.24) is 23.7 Å². The molecule has 19 aromatic rings. The highest BCUT2D eigenvalue weighted by Crippen LogP contribution is 2.43. The third-order valence-corrected chi connectivity index (χ3v) is 17.3. The van der Waals surface area contributed by atoms with E-state index >= 15 is 0 Å². The van der Waals surface area contributed by atoms with Crippen molar-refractivity contribution in [2.24, 2.45) is 0 Å². The molecule has 0 aliphatic rings. The summed E-state index contributed by atoms with van der Waals surface area (Å²) in [6, 6.07) is 88.6. The molecule has 0 saturated carbocycles. The molecular weight excluding hydrogens is 1010 g/mol. The summed E-state index contributed by atoms with van der Waals surface area (Å²) in [5, 5.41) is 14.3. The predicted molar refractivity (Wildman–Crippen MR) is 335 cm³/mol. The number of nitrogens with zero attached hydrogens (tertiary/aromatic N) is 5. The van der Waals surface area contributed by atoms with Crippen molar-refractivity contribution in [1.29, 1.82) is 0 Å². The highest BCUT2D eigenvalue weighted by molar-refractivity contribution is 6.18. The number of benzene rings is 12. The van der Waals surface area contributed by atoms with E-state index in [-0.39, 0.29) is 0 Å². The van der Waals surface area contributed by atoms with E-state index in [4.69, 9.17) is 23.2 Å². The van der Waals surface area contributed by atoms with E-state index in [0.29, 0.717) is 5.95 Å². The molecule has 0 unspecified atom stereocenters. The highest BCUT2D eigenvalue weighted by Gasteiger charge is 2.24. The van der Waals surface area contributed by atoms with E-state index in [0.717, 1.165) is 171 Å². The summed E-state index contributed by atoms with van der Waals surface area (Å²) in [6.07, 6.45) is 0. The maximum atomic E-state index is 6.55. The third-order valence-electron chi connectivity index (χ3n) is 17.3. The van der Waals surface area contributed by atoms with Gasteiger partial charge in [-0.15, -0.1) is 0 Å². The molecular formula is C74H41N5O3. The van der Waals surface area contributed by atoms with Crippen LogP contribution in [0.3, 0.4) is 0 Å². The predicted octanol–water partition coefficient (Wildman–Crippen LogP) is 20.0. The lowest BCUT2D eigenvalue weighted by molar-refractivity contribution is 0.668. The van der Waals surface area contributed by atoms with Crippen molar-refractivity contribution in [2.45, 2.75) is 0 Å². The Kier molecular flexibility index (Phi) is 8.63. The van der Waals surface area contributed by atoms with Crippen molar-refractivity contribution in [3.63, 3.8) is 0 Å². The third kappa shape index (κ3) is 6.09. The summed E-state index contributed by atoms with van der Waals surface area (Å²) in [5.41, 5.74) is 17.8. The lowest BCUT2D eigenvalue weighted by Gasteiger charge is -2.16. The first-order chi connectivity index (χ1) is 40.6. The number of rotatable bonds is 5. The second-order valence-electron chi connectivity index (χ2n) is 21.7. The van der Waals surface area contributed by atoms with Gasteiger partial charge in [0, 0.05) is 81.8 Å². The molecule has 0 spiro atoms. The van der Waals surface area contributed by atoms with Crippen LogP contribution in [0.1, 0.15) is 0 Å². The van der Waals surface area contributed by atoms with Crippen molar-refractivity contribution < 1.29 is 13.3 Å². The Morgan fingerprint density at radius 1 is 0.232 bits per heavy atom. The van der Waals surface area contributed by atoms with E-state index in [1.807, 2.05) is 36.4 Å². The monoisotopic (exact) mass is 1050 g/mol. The summed E-state index contributed by atoms with van der Waals surface area (Å²) >= 11 is 0. The molecule has 0 fully saturated rings. The average molecular weight is 1050 g/mol. The molecule has 7 aromatic heterocycles. The molecule has 8 heteroatoms. The first kappa shape index (κ1) is 43.7. The number of aromatic nitrogens is 5. The topological polar surface area (TPSA) is 80.0 Å². The summed E-state index contributed by atoms with van der Waals surface area (Å²) in [4.78, 5) is 11.4. The zero-order valence-electron chi connectivity index (χ0n) is 43.6. The average Bonchev–Trinajstić information content (AvgIpc) is 3.89. The van der Waals surface area contributed by atoms with Crippen LogP contribution in [-0.4, -0.2) is 23.7 Å². The van der Waals surface area contributed by atoms with Gasteiger partial charge in [-0.3, -0.25) is 9.13 Å². The van der Waals surface area contributed by atoms with Gasteiger partial charge in [-0.05, 0) is 131 Å². The molecule has 0 bridgehead atoms. The molecule has 7 heterocycles. The van der Waals surface area contributed by atoms with Gasteiger partial charge in [-0.1, -0.05) is 133 Å². The van der Waals surface area contributed by atoms with Crippen LogP contribution in [0.25, 0.3) is 182 Å². The molecule has 0 atom stereocenters. The first-order valence-corrected chi connectivity index (χ1v) is 27.7. The Labute approximate surface area is 465 Å².